The lowest BCUT2D eigenvalue weighted by molar-refractivity contribution is 0.0681. The number of benzene rings is 1. The van der Waals surface area contributed by atoms with Crippen LogP contribution in [0.2, 0.25) is 0 Å². The van der Waals surface area contributed by atoms with Crippen LogP contribution in [0.15, 0.2) is 67.3 Å². The summed E-state index contributed by atoms with van der Waals surface area (Å²) in [7, 11) is 0. The van der Waals surface area contributed by atoms with Crippen molar-refractivity contribution in [1.82, 2.24) is 15.3 Å². The van der Waals surface area contributed by atoms with Crippen molar-refractivity contribution >= 4 is 11.9 Å². The Bertz CT molecular complexity index is 1070. The first-order chi connectivity index (χ1) is 15.2. The SMILES string of the molecule is CC(C)(C)NCC(O)c1ccc(OC(=O)c2cccnc2)c(OC(=O)c2cccnc2)c1. The minimum absolute atomic E-state index is 0.00315. The number of aliphatic hydroxyl groups is 1. The van der Waals surface area contributed by atoms with E-state index in [0.717, 1.165) is 0 Å². The van der Waals surface area contributed by atoms with E-state index in [0.29, 0.717) is 5.56 Å². The summed E-state index contributed by atoms with van der Waals surface area (Å²) < 4.78 is 10.9. The molecular weight excluding hydrogens is 410 g/mol. The average Bonchev–Trinajstić information content (AvgIpc) is 2.79. The molecule has 0 bridgehead atoms. The van der Waals surface area contributed by atoms with Gasteiger partial charge in [0.15, 0.2) is 11.5 Å². The molecule has 0 spiro atoms. The van der Waals surface area contributed by atoms with Crippen molar-refractivity contribution in [3.05, 3.63) is 83.9 Å². The van der Waals surface area contributed by atoms with E-state index in [-0.39, 0.29) is 34.7 Å². The maximum atomic E-state index is 12.6. The number of pyridine rings is 2. The molecule has 2 aromatic heterocycles. The van der Waals surface area contributed by atoms with Gasteiger partial charge in [0.05, 0.1) is 17.2 Å². The Labute approximate surface area is 186 Å². The standard InChI is InChI=1S/C24H25N3O5/c1-24(2,3)27-15-19(28)16-8-9-20(31-22(29)17-6-4-10-25-13-17)21(12-16)32-23(30)18-7-5-11-26-14-18/h4-14,19,27-28H,15H2,1-3H3. The van der Waals surface area contributed by atoms with E-state index in [2.05, 4.69) is 15.3 Å². The summed E-state index contributed by atoms with van der Waals surface area (Å²) in [4.78, 5) is 32.9. The number of nitrogens with zero attached hydrogens (tertiary/aromatic N) is 2. The summed E-state index contributed by atoms with van der Waals surface area (Å²) in [5.74, 6) is -1.28. The molecule has 0 aliphatic heterocycles. The van der Waals surface area contributed by atoms with Crippen molar-refractivity contribution < 1.29 is 24.2 Å². The van der Waals surface area contributed by atoms with Gasteiger partial charge in [0.25, 0.3) is 0 Å². The largest absolute Gasteiger partial charge is 0.419 e. The zero-order valence-electron chi connectivity index (χ0n) is 18.1. The Hall–Kier alpha value is -3.62. The van der Waals surface area contributed by atoms with Gasteiger partial charge in [-0.15, -0.1) is 0 Å². The highest BCUT2D eigenvalue weighted by atomic mass is 16.6. The zero-order chi connectivity index (χ0) is 23.1. The van der Waals surface area contributed by atoms with E-state index in [1.807, 2.05) is 20.8 Å². The number of β-amino-alcohol motifs (C(OH)–C–C–N with tert-alkyl or cyclic N) is 1. The Balaban J connectivity index is 1.87. The van der Waals surface area contributed by atoms with Crippen LogP contribution >= 0.6 is 0 Å². The van der Waals surface area contributed by atoms with Crippen LogP contribution in [-0.4, -0.2) is 39.1 Å². The van der Waals surface area contributed by atoms with Crippen LogP contribution in [0.25, 0.3) is 0 Å². The molecule has 3 aromatic rings. The fourth-order valence-electron chi connectivity index (χ4n) is 2.70. The smallest absolute Gasteiger partial charge is 0.345 e. The van der Waals surface area contributed by atoms with E-state index < -0.39 is 18.0 Å². The predicted octanol–water partition coefficient (Wildman–Crippen LogP) is 3.34. The molecular formula is C24H25N3O5. The molecule has 2 heterocycles. The number of hydrogen-bond donors (Lipinski definition) is 2. The molecule has 8 nitrogen and oxygen atoms in total. The van der Waals surface area contributed by atoms with Crippen molar-refractivity contribution in [2.24, 2.45) is 0 Å². The monoisotopic (exact) mass is 435 g/mol. The molecule has 3 rings (SSSR count). The predicted molar refractivity (Wildman–Crippen MR) is 118 cm³/mol. The molecule has 0 amide bonds. The van der Waals surface area contributed by atoms with E-state index in [4.69, 9.17) is 9.47 Å². The number of aliphatic hydroxyl groups excluding tert-OH is 1. The van der Waals surface area contributed by atoms with Gasteiger partial charge in [-0.1, -0.05) is 6.07 Å². The quantitative estimate of drug-likeness (QED) is 0.429. The van der Waals surface area contributed by atoms with Gasteiger partial charge in [-0.05, 0) is 62.7 Å². The van der Waals surface area contributed by atoms with Gasteiger partial charge in [-0.2, -0.15) is 0 Å². The summed E-state index contributed by atoms with van der Waals surface area (Å²) >= 11 is 0. The zero-order valence-corrected chi connectivity index (χ0v) is 18.1. The lowest BCUT2D eigenvalue weighted by Gasteiger charge is -2.23. The Morgan fingerprint density at radius 2 is 1.50 bits per heavy atom. The van der Waals surface area contributed by atoms with E-state index >= 15 is 0 Å². The number of rotatable bonds is 7. The minimum Gasteiger partial charge on any atom is -0.419 e. The topological polar surface area (TPSA) is 111 Å². The fourth-order valence-corrected chi connectivity index (χ4v) is 2.70. The normalized spacial score (nSPS) is 12.1. The summed E-state index contributed by atoms with van der Waals surface area (Å²) in [6.07, 6.45) is 4.96. The van der Waals surface area contributed by atoms with Gasteiger partial charge in [0.1, 0.15) is 0 Å². The van der Waals surface area contributed by atoms with Crippen LogP contribution in [0.1, 0.15) is 53.2 Å². The first-order valence-corrected chi connectivity index (χ1v) is 10.0. The van der Waals surface area contributed by atoms with E-state index in [9.17, 15) is 14.7 Å². The summed E-state index contributed by atoms with van der Waals surface area (Å²) in [5.41, 5.74) is 0.792. The number of nitrogens with one attached hydrogen (secondary N) is 1. The van der Waals surface area contributed by atoms with Crippen molar-refractivity contribution in [2.75, 3.05) is 6.54 Å². The third-order valence-electron chi connectivity index (χ3n) is 4.38. The molecule has 1 aromatic carbocycles. The molecule has 0 saturated heterocycles. The molecule has 1 atom stereocenters. The Kier molecular flexibility index (Phi) is 7.29. The Morgan fingerprint density at radius 3 is 2.00 bits per heavy atom. The van der Waals surface area contributed by atoms with Crippen LogP contribution in [-0.2, 0) is 0 Å². The first kappa shape index (κ1) is 23.1. The molecule has 0 fully saturated rings. The highest BCUT2D eigenvalue weighted by Gasteiger charge is 2.20. The number of ether oxygens (including phenoxy) is 2. The van der Waals surface area contributed by atoms with Crippen molar-refractivity contribution in [3.63, 3.8) is 0 Å². The van der Waals surface area contributed by atoms with Gasteiger partial charge in [0.2, 0.25) is 0 Å². The van der Waals surface area contributed by atoms with Crippen LogP contribution in [0.4, 0.5) is 0 Å². The molecule has 0 aliphatic carbocycles. The third-order valence-corrected chi connectivity index (χ3v) is 4.38. The Morgan fingerprint density at radius 1 is 0.938 bits per heavy atom. The highest BCUT2D eigenvalue weighted by Crippen LogP contribution is 2.32. The highest BCUT2D eigenvalue weighted by molar-refractivity contribution is 5.92. The number of aromatic nitrogens is 2. The van der Waals surface area contributed by atoms with Crippen LogP contribution in [0, 0.1) is 0 Å². The molecule has 8 heteroatoms. The maximum Gasteiger partial charge on any atom is 0.345 e. The number of carbonyl (C=O) groups is 2. The van der Waals surface area contributed by atoms with Gasteiger partial charge in [-0.3, -0.25) is 9.97 Å². The third kappa shape index (κ3) is 6.44. The van der Waals surface area contributed by atoms with E-state index in [1.165, 1.54) is 30.7 Å². The second-order valence-electron chi connectivity index (χ2n) is 8.12. The second-order valence-corrected chi connectivity index (χ2v) is 8.12. The second kappa shape index (κ2) is 10.1. The lowest BCUT2D eigenvalue weighted by atomic mass is 10.1. The van der Waals surface area contributed by atoms with Gasteiger partial charge >= 0.3 is 11.9 Å². The molecule has 0 aliphatic rings. The summed E-state index contributed by atoms with van der Waals surface area (Å²) in [6, 6.07) is 10.9. The summed E-state index contributed by atoms with van der Waals surface area (Å²) in [5, 5.41) is 13.8. The van der Waals surface area contributed by atoms with Gasteiger partial charge in [0, 0.05) is 36.9 Å². The average molecular weight is 435 g/mol. The molecule has 0 radical (unpaired) electrons. The fraction of sp³-hybridized carbons (Fsp3) is 0.250. The lowest BCUT2D eigenvalue weighted by Crippen LogP contribution is -2.38. The van der Waals surface area contributed by atoms with Gasteiger partial charge in [-0.25, -0.2) is 9.59 Å². The molecule has 2 N–H and O–H groups in total. The van der Waals surface area contributed by atoms with Crippen LogP contribution < -0.4 is 14.8 Å². The van der Waals surface area contributed by atoms with Crippen molar-refractivity contribution in [2.45, 2.75) is 32.4 Å². The maximum absolute atomic E-state index is 12.6. The number of carbonyl (C=O) groups excluding carboxylic acids is 2. The van der Waals surface area contributed by atoms with Crippen molar-refractivity contribution in [3.8, 4) is 11.5 Å². The summed E-state index contributed by atoms with van der Waals surface area (Å²) in [6.45, 7) is 6.25. The van der Waals surface area contributed by atoms with Crippen LogP contribution in [0.3, 0.4) is 0 Å². The van der Waals surface area contributed by atoms with Gasteiger partial charge < -0.3 is 19.9 Å². The van der Waals surface area contributed by atoms with E-state index in [1.54, 1.807) is 36.5 Å². The number of esters is 2. The molecule has 1 unspecified atom stereocenters. The molecule has 32 heavy (non-hydrogen) atoms. The van der Waals surface area contributed by atoms with Crippen molar-refractivity contribution in [1.29, 1.82) is 0 Å². The number of hydrogen-bond acceptors (Lipinski definition) is 8. The first-order valence-electron chi connectivity index (χ1n) is 10.0. The minimum atomic E-state index is -0.867. The molecule has 166 valence electrons. The molecule has 0 saturated carbocycles. The van der Waals surface area contributed by atoms with Crippen LogP contribution in [0.5, 0.6) is 11.5 Å².